The Balaban J connectivity index is 1.79. The average molecular weight is 233 g/mol. The number of benzene rings is 1. The third-order valence-electron chi connectivity index (χ3n) is 3.25. The maximum Gasteiger partial charge on any atom is 0.125 e. The number of aryl methyl sites for hydroxylation is 2. The first-order valence-corrected chi connectivity index (χ1v) is 6.59. The van der Waals surface area contributed by atoms with Gasteiger partial charge in [-0.3, -0.25) is 0 Å². The van der Waals surface area contributed by atoms with Gasteiger partial charge in [-0.1, -0.05) is 25.1 Å². The van der Waals surface area contributed by atoms with E-state index < -0.39 is 0 Å². The van der Waals surface area contributed by atoms with Crippen molar-refractivity contribution < 1.29 is 4.74 Å². The first-order chi connectivity index (χ1) is 8.16. The van der Waals surface area contributed by atoms with Crippen LogP contribution >= 0.6 is 0 Å². The molecular formula is C15H23NO. The van der Waals surface area contributed by atoms with Crippen LogP contribution in [0.4, 0.5) is 0 Å². The number of ether oxygens (including phenoxy) is 1. The van der Waals surface area contributed by atoms with E-state index in [0.29, 0.717) is 5.92 Å². The second-order valence-corrected chi connectivity index (χ2v) is 5.32. The second kappa shape index (κ2) is 5.54. The molecule has 0 radical (unpaired) electrons. The molecule has 0 bridgehead atoms. The van der Waals surface area contributed by atoms with Crippen LogP contribution in [0, 0.1) is 19.8 Å². The lowest BCUT2D eigenvalue weighted by atomic mass is 10.1. The zero-order valence-electron chi connectivity index (χ0n) is 11.1. The zero-order valence-corrected chi connectivity index (χ0v) is 11.1. The van der Waals surface area contributed by atoms with Gasteiger partial charge in [-0.2, -0.15) is 0 Å². The van der Waals surface area contributed by atoms with E-state index in [1.165, 1.54) is 24.0 Å². The van der Waals surface area contributed by atoms with E-state index >= 15 is 0 Å². The van der Waals surface area contributed by atoms with Crippen LogP contribution in [0.3, 0.4) is 0 Å². The molecular weight excluding hydrogens is 210 g/mol. The van der Waals surface area contributed by atoms with Crippen molar-refractivity contribution in [3.8, 4) is 5.75 Å². The molecule has 2 rings (SSSR count). The largest absolute Gasteiger partial charge is 0.493 e. The number of rotatable bonds is 6. The standard InChI is InChI=1S/C15H23NO/c1-11(9-16-14-7-8-14)10-17-15-12(2)5-4-6-13(15)3/h4-6,11,14,16H,7-10H2,1-3H3. The first-order valence-electron chi connectivity index (χ1n) is 6.59. The van der Waals surface area contributed by atoms with Gasteiger partial charge in [0.15, 0.2) is 0 Å². The van der Waals surface area contributed by atoms with Crippen molar-refractivity contribution in [1.29, 1.82) is 0 Å². The van der Waals surface area contributed by atoms with Gasteiger partial charge in [0.1, 0.15) is 5.75 Å². The molecule has 2 heteroatoms. The van der Waals surface area contributed by atoms with Gasteiger partial charge in [0.25, 0.3) is 0 Å². The predicted octanol–water partition coefficient (Wildman–Crippen LogP) is 3.07. The Morgan fingerprint density at radius 2 is 1.94 bits per heavy atom. The number of hydrogen-bond donors (Lipinski definition) is 1. The lowest BCUT2D eigenvalue weighted by Crippen LogP contribution is -2.26. The van der Waals surface area contributed by atoms with Crippen molar-refractivity contribution in [2.45, 2.75) is 39.7 Å². The summed E-state index contributed by atoms with van der Waals surface area (Å²) in [6.45, 7) is 8.31. The van der Waals surface area contributed by atoms with Gasteiger partial charge in [-0.25, -0.2) is 0 Å². The summed E-state index contributed by atoms with van der Waals surface area (Å²) in [5.41, 5.74) is 2.46. The highest BCUT2D eigenvalue weighted by atomic mass is 16.5. The third kappa shape index (κ3) is 3.74. The molecule has 0 saturated heterocycles. The Kier molecular flexibility index (Phi) is 4.06. The molecule has 0 amide bonds. The summed E-state index contributed by atoms with van der Waals surface area (Å²) < 4.78 is 5.94. The molecule has 1 aliphatic rings. The normalized spacial score (nSPS) is 16.9. The fourth-order valence-corrected chi connectivity index (χ4v) is 1.97. The van der Waals surface area contributed by atoms with Crippen molar-refractivity contribution in [2.75, 3.05) is 13.2 Å². The summed E-state index contributed by atoms with van der Waals surface area (Å²) >= 11 is 0. The Bertz CT molecular complexity index is 351. The summed E-state index contributed by atoms with van der Waals surface area (Å²) in [5.74, 6) is 1.63. The topological polar surface area (TPSA) is 21.3 Å². The van der Waals surface area contributed by atoms with Crippen LogP contribution in [0.2, 0.25) is 0 Å². The third-order valence-corrected chi connectivity index (χ3v) is 3.25. The van der Waals surface area contributed by atoms with Gasteiger partial charge in [0, 0.05) is 18.5 Å². The molecule has 0 aliphatic heterocycles. The lowest BCUT2D eigenvalue weighted by Gasteiger charge is -2.16. The fourth-order valence-electron chi connectivity index (χ4n) is 1.97. The Morgan fingerprint density at radius 1 is 1.29 bits per heavy atom. The van der Waals surface area contributed by atoms with E-state index in [1.54, 1.807) is 0 Å². The smallest absolute Gasteiger partial charge is 0.125 e. The highest BCUT2D eigenvalue weighted by molar-refractivity contribution is 5.39. The van der Waals surface area contributed by atoms with Gasteiger partial charge >= 0.3 is 0 Å². The Labute approximate surface area is 104 Å². The SMILES string of the molecule is Cc1cccc(C)c1OCC(C)CNC1CC1. The van der Waals surface area contributed by atoms with E-state index in [9.17, 15) is 0 Å². The molecule has 1 aliphatic carbocycles. The van der Waals surface area contributed by atoms with E-state index in [4.69, 9.17) is 4.74 Å². The van der Waals surface area contributed by atoms with E-state index in [2.05, 4.69) is 44.3 Å². The van der Waals surface area contributed by atoms with Gasteiger partial charge in [-0.15, -0.1) is 0 Å². The van der Waals surface area contributed by atoms with Crippen molar-refractivity contribution in [3.05, 3.63) is 29.3 Å². The average Bonchev–Trinajstić information content (AvgIpc) is 3.09. The minimum absolute atomic E-state index is 0.564. The molecule has 17 heavy (non-hydrogen) atoms. The molecule has 1 fully saturated rings. The molecule has 1 N–H and O–H groups in total. The van der Waals surface area contributed by atoms with Crippen molar-refractivity contribution in [2.24, 2.45) is 5.92 Å². The van der Waals surface area contributed by atoms with Gasteiger partial charge in [0.2, 0.25) is 0 Å². The molecule has 0 aromatic heterocycles. The van der Waals surface area contributed by atoms with Crippen molar-refractivity contribution in [3.63, 3.8) is 0 Å². The summed E-state index contributed by atoms with van der Waals surface area (Å²) in [7, 11) is 0. The monoisotopic (exact) mass is 233 g/mol. The van der Waals surface area contributed by atoms with Gasteiger partial charge < -0.3 is 10.1 Å². The van der Waals surface area contributed by atoms with Crippen molar-refractivity contribution in [1.82, 2.24) is 5.32 Å². The Morgan fingerprint density at radius 3 is 2.53 bits per heavy atom. The minimum atomic E-state index is 0.564. The highest BCUT2D eigenvalue weighted by Gasteiger charge is 2.20. The van der Waals surface area contributed by atoms with E-state index in [-0.39, 0.29) is 0 Å². The Hall–Kier alpha value is -1.02. The maximum atomic E-state index is 5.94. The highest BCUT2D eigenvalue weighted by Crippen LogP contribution is 2.23. The molecule has 2 nitrogen and oxygen atoms in total. The summed E-state index contributed by atoms with van der Waals surface area (Å²) in [6, 6.07) is 7.08. The molecule has 1 unspecified atom stereocenters. The van der Waals surface area contributed by atoms with Gasteiger partial charge in [0.05, 0.1) is 6.61 Å². The van der Waals surface area contributed by atoms with Crippen LogP contribution in [0.1, 0.15) is 30.9 Å². The van der Waals surface area contributed by atoms with Gasteiger partial charge in [-0.05, 0) is 37.8 Å². The zero-order chi connectivity index (χ0) is 12.3. The minimum Gasteiger partial charge on any atom is -0.493 e. The van der Waals surface area contributed by atoms with Crippen LogP contribution in [0.25, 0.3) is 0 Å². The lowest BCUT2D eigenvalue weighted by molar-refractivity contribution is 0.252. The molecule has 0 heterocycles. The predicted molar refractivity (Wildman–Crippen MR) is 71.6 cm³/mol. The van der Waals surface area contributed by atoms with E-state index in [1.807, 2.05) is 0 Å². The molecule has 94 valence electrons. The van der Waals surface area contributed by atoms with Crippen LogP contribution in [0.15, 0.2) is 18.2 Å². The van der Waals surface area contributed by atoms with Crippen LogP contribution in [-0.2, 0) is 0 Å². The maximum absolute atomic E-state index is 5.94. The summed E-state index contributed by atoms with van der Waals surface area (Å²) in [5, 5.41) is 3.54. The van der Waals surface area contributed by atoms with Crippen LogP contribution in [-0.4, -0.2) is 19.2 Å². The molecule has 1 aromatic rings. The van der Waals surface area contributed by atoms with E-state index in [0.717, 1.165) is 24.9 Å². The summed E-state index contributed by atoms with van der Waals surface area (Å²) in [4.78, 5) is 0. The molecule has 1 aromatic carbocycles. The van der Waals surface area contributed by atoms with Crippen LogP contribution in [0.5, 0.6) is 5.75 Å². The number of para-hydroxylation sites is 1. The van der Waals surface area contributed by atoms with Crippen molar-refractivity contribution >= 4 is 0 Å². The quantitative estimate of drug-likeness (QED) is 0.815. The first kappa shape index (κ1) is 12.4. The fraction of sp³-hybridized carbons (Fsp3) is 0.600. The molecule has 1 saturated carbocycles. The molecule has 1 atom stereocenters. The summed E-state index contributed by atoms with van der Waals surface area (Å²) in [6.07, 6.45) is 2.70. The van der Waals surface area contributed by atoms with Crippen LogP contribution < -0.4 is 10.1 Å². The number of hydrogen-bond acceptors (Lipinski definition) is 2. The molecule has 0 spiro atoms. The second-order valence-electron chi connectivity index (χ2n) is 5.32. The number of nitrogens with one attached hydrogen (secondary N) is 1.